The molecule has 0 aliphatic carbocycles. The molecule has 0 saturated carbocycles. The zero-order chi connectivity index (χ0) is 13.2. The largest absolute Gasteiger partial charge is 0.248 e. The second kappa shape index (κ2) is 5.13. The number of halogens is 1. The Hall–Kier alpha value is -1.31. The highest BCUT2D eigenvalue weighted by atomic mass is 32.2. The van der Waals surface area contributed by atoms with Gasteiger partial charge in [0.05, 0.1) is 17.7 Å². The Balaban J connectivity index is 2.29. The molecule has 2 aromatic rings. The van der Waals surface area contributed by atoms with Gasteiger partial charge in [0, 0.05) is 12.4 Å². The van der Waals surface area contributed by atoms with Gasteiger partial charge in [-0.3, -0.25) is 0 Å². The molecular formula is C11H11FN2O2S2. The van der Waals surface area contributed by atoms with E-state index in [0.717, 1.165) is 10.4 Å². The molecule has 0 unspecified atom stereocenters. The lowest BCUT2D eigenvalue weighted by Gasteiger charge is -2.16. The number of aromatic nitrogens is 1. The predicted molar refractivity (Wildman–Crippen MR) is 67.2 cm³/mol. The lowest BCUT2D eigenvalue weighted by atomic mass is 10.4. The molecule has 0 aliphatic rings. The van der Waals surface area contributed by atoms with Crippen LogP contribution >= 0.6 is 11.3 Å². The number of thiazole rings is 1. The molecule has 2 rings (SSSR count). The van der Waals surface area contributed by atoms with Crippen LogP contribution in [0, 0.1) is 5.82 Å². The van der Waals surface area contributed by atoms with E-state index in [4.69, 9.17) is 0 Å². The Morgan fingerprint density at radius 3 is 2.72 bits per heavy atom. The highest BCUT2D eigenvalue weighted by Gasteiger charge is 2.24. The Bertz CT molecular complexity index is 626. The van der Waals surface area contributed by atoms with Crippen LogP contribution in [0.1, 0.15) is 5.69 Å². The van der Waals surface area contributed by atoms with Crippen molar-refractivity contribution in [2.75, 3.05) is 7.05 Å². The van der Waals surface area contributed by atoms with Crippen molar-refractivity contribution < 1.29 is 12.8 Å². The smallest absolute Gasteiger partial charge is 0.246 e. The molecule has 0 N–H and O–H groups in total. The van der Waals surface area contributed by atoms with Crippen LogP contribution in [0.25, 0.3) is 0 Å². The summed E-state index contributed by atoms with van der Waals surface area (Å²) in [4.78, 5) is 3.69. The van der Waals surface area contributed by atoms with E-state index in [0.29, 0.717) is 5.69 Å². The molecule has 1 aromatic carbocycles. The molecule has 7 heteroatoms. The van der Waals surface area contributed by atoms with Crippen LogP contribution in [-0.4, -0.2) is 24.8 Å². The molecule has 96 valence electrons. The molecule has 1 heterocycles. The first-order valence-corrected chi connectivity index (χ1v) is 7.48. The minimum atomic E-state index is -3.82. The van der Waals surface area contributed by atoms with Crippen LogP contribution in [-0.2, 0) is 16.6 Å². The number of hydrogen-bond donors (Lipinski definition) is 0. The summed E-state index contributed by atoms with van der Waals surface area (Å²) >= 11 is 1.38. The van der Waals surface area contributed by atoms with E-state index in [1.165, 1.54) is 36.6 Å². The highest BCUT2D eigenvalue weighted by Crippen LogP contribution is 2.19. The van der Waals surface area contributed by atoms with Crippen LogP contribution in [0.3, 0.4) is 0 Å². The van der Waals surface area contributed by atoms with Gasteiger partial charge in [-0.05, 0) is 12.1 Å². The molecule has 0 fully saturated rings. The number of hydrogen-bond acceptors (Lipinski definition) is 4. The molecule has 0 spiro atoms. The SMILES string of the molecule is CN(Cc1cscn1)S(=O)(=O)c1ccccc1F. The summed E-state index contributed by atoms with van der Waals surface area (Å²) in [5.41, 5.74) is 2.27. The van der Waals surface area contributed by atoms with E-state index in [1.54, 1.807) is 10.9 Å². The predicted octanol–water partition coefficient (Wildman–Crippen LogP) is 2.10. The molecule has 0 bridgehead atoms. The first-order chi connectivity index (χ1) is 8.51. The van der Waals surface area contributed by atoms with Gasteiger partial charge >= 0.3 is 0 Å². The van der Waals surface area contributed by atoms with Gasteiger partial charge in [-0.2, -0.15) is 4.31 Å². The number of benzene rings is 1. The van der Waals surface area contributed by atoms with E-state index in [9.17, 15) is 12.8 Å². The van der Waals surface area contributed by atoms with E-state index in [1.807, 2.05) is 0 Å². The summed E-state index contributed by atoms with van der Waals surface area (Å²) in [5.74, 6) is -0.748. The fraction of sp³-hybridized carbons (Fsp3) is 0.182. The van der Waals surface area contributed by atoms with Gasteiger partial charge in [0.2, 0.25) is 10.0 Å². The van der Waals surface area contributed by atoms with E-state index in [2.05, 4.69) is 4.98 Å². The lowest BCUT2D eigenvalue weighted by molar-refractivity contribution is 0.456. The molecule has 0 amide bonds. The summed E-state index contributed by atoms with van der Waals surface area (Å²) < 4.78 is 38.9. The fourth-order valence-corrected chi connectivity index (χ4v) is 3.20. The molecule has 18 heavy (non-hydrogen) atoms. The quantitative estimate of drug-likeness (QED) is 0.865. The summed E-state index contributed by atoms with van der Waals surface area (Å²) in [6.45, 7) is 0.125. The molecule has 1 aromatic heterocycles. The van der Waals surface area contributed by atoms with Gasteiger partial charge in [-0.15, -0.1) is 11.3 Å². The number of nitrogens with zero attached hydrogens (tertiary/aromatic N) is 2. The third-order valence-electron chi connectivity index (χ3n) is 2.39. The fourth-order valence-electron chi connectivity index (χ4n) is 1.45. The van der Waals surface area contributed by atoms with Crippen molar-refractivity contribution in [3.63, 3.8) is 0 Å². The summed E-state index contributed by atoms with van der Waals surface area (Å²) in [6, 6.07) is 5.33. The zero-order valence-electron chi connectivity index (χ0n) is 9.58. The Morgan fingerprint density at radius 2 is 2.11 bits per heavy atom. The molecule has 0 atom stereocenters. The molecular weight excluding hydrogens is 275 g/mol. The zero-order valence-corrected chi connectivity index (χ0v) is 11.2. The lowest BCUT2D eigenvalue weighted by Crippen LogP contribution is -2.27. The van der Waals surface area contributed by atoms with Crippen molar-refractivity contribution in [3.05, 3.63) is 46.7 Å². The maximum atomic E-state index is 13.5. The topological polar surface area (TPSA) is 50.3 Å². The molecule has 0 aliphatic heterocycles. The van der Waals surface area contributed by atoms with Gasteiger partial charge in [0.15, 0.2) is 0 Å². The monoisotopic (exact) mass is 286 g/mol. The van der Waals surface area contributed by atoms with Gasteiger partial charge < -0.3 is 0 Å². The first-order valence-electron chi connectivity index (χ1n) is 5.10. The van der Waals surface area contributed by atoms with Crippen molar-refractivity contribution in [2.45, 2.75) is 11.4 Å². The number of sulfonamides is 1. The maximum absolute atomic E-state index is 13.5. The average molecular weight is 286 g/mol. The first kappa shape index (κ1) is 13.1. The molecule has 0 radical (unpaired) electrons. The van der Waals surface area contributed by atoms with E-state index in [-0.39, 0.29) is 11.4 Å². The highest BCUT2D eigenvalue weighted by molar-refractivity contribution is 7.89. The van der Waals surface area contributed by atoms with Crippen LogP contribution in [0.5, 0.6) is 0 Å². The Kier molecular flexibility index (Phi) is 3.74. The standard InChI is InChI=1S/C11H11FN2O2S2/c1-14(6-9-7-17-8-13-9)18(15,16)11-5-3-2-4-10(11)12/h2-5,7-8H,6H2,1H3. The Labute approximate surface area is 109 Å². The second-order valence-electron chi connectivity index (χ2n) is 3.67. The van der Waals surface area contributed by atoms with Crippen molar-refractivity contribution >= 4 is 21.4 Å². The normalized spacial score (nSPS) is 11.9. The van der Waals surface area contributed by atoms with Gasteiger partial charge in [-0.1, -0.05) is 12.1 Å². The van der Waals surface area contributed by atoms with Crippen molar-refractivity contribution in [1.29, 1.82) is 0 Å². The van der Waals surface area contributed by atoms with Crippen LogP contribution in [0.4, 0.5) is 4.39 Å². The average Bonchev–Trinajstić information content (AvgIpc) is 2.82. The molecule has 0 saturated heterocycles. The minimum absolute atomic E-state index is 0.125. The third-order valence-corrected chi connectivity index (χ3v) is 4.86. The van der Waals surface area contributed by atoms with Crippen LogP contribution in [0.15, 0.2) is 40.1 Å². The van der Waals surface area contributed by atoms with Gasteiger partial charge in [0.1, 0.15) is 10.7 Å². The van der Waals surface area contributed by atoms with Gasteiger partial charge in [-0.25, -0.2) is 17.8 Å². The summed E-state index contributed by atoms with van der Waals surface area (Å²) in [7, 11) is -2.42. The van der Waals surface area contributed by atoms with Crippen LogP contribution in [0.2, 0.25) is 0 Å². The van der Waals surface area contributed by atoms with Crippen molar-refractivity contribution in [1.82, 2.24) is 9.29 Å². The Morgan fingerprint density at radius 1 is 1.39 bits per heavy atom. The summed E-state index contributed by atoms with van der Waals surface area (Å²) in [5, 5.41) is 1.76. The third kappa shape index (κ3) is 2.58. The second-order valence-corrected chi connectivity index (χ2v) is 6.40. The van der Waals surface area contributed by atoms with Crippen molar-refractivity contribution in [2.24, 2.45) is 0 Å². The molecule has 4 nitrogen and oxygen atoms in total. The van der Waals surface area contributed by atoms with Crippen molar-refractivity contribution in [3.8, 4) is 0 Å². The van der Waals surface area contributed by atoms with Gasteiger partial charge in [0.25, 0.3) is 0 Å². The van der Waals surface area contributed by atoms with E-state index >= 15 is 0 Å². The van der Waals surface area contributed by atoms with Crippen LogP contribution < -0.4 is 0 Å². The van der Waals surface area contributed by atoms with E-state index < -0.39 is 15.8 Å². The number of rotatable bonds is 4. The maximum Gasteiger partial charge on any atom is 0.246 e. The summed E-state index contributed by atoms with van der Waals surface area (Å²) in [6.07, 6.45) is 0. The minimum Gasteiger partial charge on any atom is -0.248 e.